The number of amides is 1. The summed E-state index contributed by atoms with van der Waals surface area (Å²) >= 11 is 0. The second kappa shape index (κ2) is 8.05. The molecule has 2 aliphatic heterocycles. The van der Waals surface area contributed by atoms with Gasteiger partial charge in [-0.05, 0) is 23.8 Å². The van der Waals surface area contributed by atoms with Gasteiger partial charge < -0.3 is 20.1 Å². The van der Waals surface area contributed by atoms with E-state index in [4.69, 9.17) is 14.3 Å². The zero-order valence-corrected chi connectivity index (χ0v) is 18.7. The summed E-state index contributed by atoms with van der Waals surface area (Å²) in [7, 11) is 1.54. The standard InChI is InChI=1S/C24H21F2N5O4/c1-33-19-10-20-17(30-23(32)24(35-20)3-4-24)9-16(19)29-21-11-22(28-12-27-21)31-18(2-5-34-31)13-6-14(25)8-15(26)7-13/h6-12,18H,2-5H2,1H3,(H,30,32)(H,27,28,29)/t18-/m1/s1. The van der Waals surface area contributed by atoms with Crippen LogP contribution in [0.4, 0.5) is 31.8 Å². The molecule has 2 N–H and O–H groups in total. The molecule has 9 nitrogen and oxygen atoms in total. The lowest BCUT2D eigenvalue weighted by atomic mass is 10.0. The SMILES string of the molecule is COc1cc2c(cc1Nc1cc(N3OCC[C@@H]3c3cc(F)cc(F)c3)ncn1)NC(=O)C1(CC1)O2. The van der Waals surface area contributed by atoms with Gasteiger partial charge in [0.05, 0.1) is 31.1 Å². The molecule has 0 bridgehead atoms. The summed E-state index contributed by atoms with van der Waals surface area (Å²) in [6.07, 6.45) is 3.27. The number of anilines is 4. The number of halogens is 2. The Hall–Kier alpha value is -3.99. The molecule has 1 spiro atoms. The third-order valence-electron chi connectivity index (χ3n) is 6.29. The molecule has 1 saturated heterocycles. The van der Waals surface area contributed by atoms with Gasteiger partial charge in [-0.3, -0.25) is 9.63 Å². The van der Waals surface area contributed by atoms with Crippen molar-refractivity contribution in [3.63, 3.8) is 0 Å². The van der Waals surface area contributed by atoms with Gasteiger partial charge in [0.25, 0.3) is 5.91 Å². The van der Waals surface area contributed by atoms with Gasteiger partial charge in [0.1, 0.15) is 35.3 Å². The minimum atomic E-state index is -0.759. The van der Waals surface area contributed by atoms with Crippen molar-refractivity contribution in [1.82, 2.24) is 9.97 Å². The van der Waals surface area contributed by atoms with Gasteiger partial charge in [-0.1, -0.05) is 0 Å². The number of hydrogen-bond acceptors (Lipinski definition) is 8. The summed E-state index contributed by atoms with van der Waals surface area (Å²) in [6.45, 7) is 0.370. The average molecular weight is 481 g/mol. The molecule has 2 fully saturated rings. The number of aromatic nitrogens is 2. The Morgan fingerprint density at radius 1 is 1.14 bits per heavy atom. The molecule has 0 unspecified atom stereocenters. The maximum atomic E-state index is 13.8. The molecule has 180 valence electrons. The summed E-state index contributed by atoms with van der Waals surface area (Å²) in [5.74, 6) is 0.426. The van der Waals surface area contributed by atoms with Crippen LogP contribution in [0.3, 0.4) is 0 Å². The Kier molecular flexibility index (Phi) is 4.95. The molecule has 2 aromatic carbocycles. The van der Waals surface area contributed by atoms with Crippen molar-refractivity contribution in [3.05, 3.63) is 59.9 Å². The Morgan fingerprint density at radius 3 is 2.69 bits per heavy atom. The molecule has 1 atom stereocenters. The fourth-order valence-electron chi connectivity index (χ4n) is 4.38. The summed E-state index contributed by atoms with van der Waals surface area (Å²) in [5.41, 5.74) is 0.776. The first-order valence-electron chi connectivity index (χ1n) is 11.1. The molecule has 1 amide bonds. The van der Waals surface area contributed by atoms with Gasteiger partial charge in [-0.2, -0.15) is 0 Å². The lowest BCUT2D eigenvalue weighted by molar-refractivity contribution is -0.125. The van der Waals surface area contributed by atoms with Crippen LogP contribution < -0.4 is 25.2 Å². The second-order valence-electron chi connectivity index (χ2n) is 8.65. The topological polar surface area (TPSA) is 97.8 Å². The molecule has 1 saturated carbocycles. The number of rotatable bonds is 5. The minimum Gasteiger partial charge on any atom is -0.494 e. The number of nitrogens with zero attached hydrogens (tertiary/aromatic N) is 3. The number of methoxy groups -OCH3 is 1. The predicted octanol–water partition coefficient (Wildman–Crippen LogP) is 4.25. The molecule has 1 aliphatic carbocycles. The Morgan fingerprint density at radius 2 is 1.94 bits per heavy atom. The number of ether oxygens (including phenoxy) is 2. The third-order valence-corrected chi connectivity index (χ3v) is 6.29. The quantitative estimate of drug-likeness (QED) is 0.558. The first-order chi connectivity index (χ1) is 16.9. The molecular formula is C24H21F2N5O4. The van der Waals surface area contributed by atoms with Crippen LogP contribution in [0.5, 0.6) is 11.5 Å². The van der Waals surface area contributed by atoms with E-state index >= 15 is 0 Å². The highest BCUT2D eigenvalue weighted by atomic mass is 19.1. The number of carbonyl (C=O) groups is 1. The fourth-order valence-corrected chi connectivity index (χ4v) is 4.38. The van der Waals surface area contributed by atoms with Gasteiger partial charge in [-0.25, -0.2) is 23.8 Å². The van der Waals surface area contributed by atoms with Crippen LogP contribution in [-0.2, 0) is 9.63 Å². The highest BCUT2D eigenvalue weighted by Gasteiger charge is 2.55. The van der Waals surface area contributed by atoms with Crippen LogP contribution in [0.1, 0.15) is 30.9 Å². The molecule has 3 aromatic rings. The molecule has 11 heteroatoms. The van der Waals surface area contributed by atoms with E-state index in [9.17, 15) is 13.6 Å². The fraction of sp³-hybridized carbons (Fsp3) is 0.292. The maximum absolute atomic E-state index is 13.8. The number of benzene rings is 2. The van der Waals surface area contributed by atoms with E-state index in [1.165, 1.54) is 30.6 Å². The van der Waals surface area contributed by atoms with E-state index in [2.05, 4.69) is 20.6 Å². The van der Waals surface area contributed by atoms with Crippen LogP contribution in [0.25, 0.3) is 0 Å². The molecule has 3 aliphatic rings. The number of hydroxylamine groups is 1. The van der Waals surface area contributed by atoms with Crippen molar-refractivity contribution in [1.29, 1.82) is 0 Å². The van der Waals surface area contributed by atoms with E-state index in [-0.39, 0.29) is 5.91 Å². The van der Waals surface area contributed by atoms with Crippen molar-refractivity contribution >= 4 is 28.9 Å². The number of nitrogens with one attached hydrogen (secondary N) is 2. The summed E-state index contributed by atoms with van der Waals surface area (Å²) < 4.78 is 39.0. The van der Waals surface area contributed by atoms with E-state index < -0.39 is 23.3 Å². The van der Waals surface area contributed by atoms with Gasteiger partial charge in [-0.15, -0.1) is 0 Å². The monoisotopic (exact) mass is 481 g/mol. The Labute approximate surface area is 199 Å². The lowest BCUT2D eigenvalue weighted by Crippen LogP contribution is -2.39. The van der Waals surface area contributed by atoms with E-state index in [1.54, 1.807) is 18.2 Å². The smallest absolute Gasteiger partial charge is 0.268 e. The largest absolute Gasteiger partial charge is 0.494 e. The Bertz CT molecular complexity index is 1310. The van der Waals surface area contributed by atoms with E-state index in [1.807, 2.05) is 0 Å². The van der Waals surface area contributed by atoms with Crippen LogP contribution >= 0.6 is 0 Å². The maximum Gasteiger partial charge on any atom is 0.268 e. The molecule has 0 radical (unpaired) electrons. The molecule has 6 rings (SSSR count). The second-order valence-corrected chi connectivity index (χ2v) is 8.65. The zero-order valence-electron chi connectivity index (χ0n) is 18.7. The highest BCUT2D eigenvalue weighted by molar-refractivity contribution is 6.03. The summed E-state index contributed by atoms with van der Waals surface area (Å²) in [5, 5.41) is 7.60. The van der Waals surface area contributed by atoms with Crippen LogP contribution in [-0.4, -0.2) is 35.2 Å². The number of fused-ring (bicyclic) bond motifs is 1. The number of hydrogen-bond donors (Lipinski definition) is 2. The Balaban J connectivity index is 1.28. The summed E-state index contributed by atoms with van der Waals surface area (Å²) in [4.78, 5) is 26.7. The van der Waals surface area contributed by atoms with Gasteiger partial charge in [0.2, 0.25) is 0 Å². The summed E-state index contributed by atoms with van der Waals surface area (Å²) in [6, 6.07) is 8.08. The van der Waals surface area contributed by atoms with Gasteiger partial charge >= 0.3 is 0 Å². The molecule has 1 aromatic heterocycles. The van der Waals surface area contributed by atoms with Crippen molar-refractivity contribution in [2.24, 2.45) is 0 Å². The van der Waals surface area contributed by atoms with Crippen molar-refractivity contribution in [2.45, 2.75) is 30.9 Å². The average Bonchev–Trinajstić information content (AvgIpc) is 3.43. The van der Waals surface area contributed by atoms with Crippen LogP contribution in [0.2, 0.25) is 0 Å². The van der Waals surface area contributed by atoms with Crippen molar-refractivity contribution < 1.29 is 27.9 Å². The van der Waals surface area contributed by atoms with E-state index in [0.717, 1.165) is 6.07 Å². The van der Waals surface area contributed by atoms with Crippen molar-refractivity contribution in [3.8, 4) is 11.5 Å². The van der Waals surface area contributed by atoms with Crippen molar-refractivity contribution in [2.75, 3.05) is 29.4 Å². The minimum absolute atomic E-state index is 0.156. The van der Waals surface area contributed by atoms with Crippen LogP contribution in [0, 0.1) is 11.6 Å². The molecule has 35 heavy (non-hydrogen) atoms. The zero-order chi connectivity index (χ0) is 24.2. The first-order valence-corrected chi connectivity index (χ1v) is 11.1. The lowest BCUT2D eigenvalue weighted by Gasteiger charge is -2.27. The normalized spacial score (nSPS) is 19.7. The van der Waals surface area contributed by atoms with Gasteiger partial charge in [0.15, 0.2) is 11.4 Å². The van der Waals surface area contributed by atoms with Crippen LogP contribution in [0.15, 0.2) is 42.7 Å². The predicted molar refractivity (Wildman–Crippen MR) is 122 cm³/mol. The van der Waals surface area contributed by atoms with Gasteiger partial charge in [0, 0.05) is 37.5 Å². The number of carbonyl (C=O) groups excluding carboxylic acids is 1. The first kappa shape index (κ1) is 21.5. The van der Waals surface area contributed by atoms with E-state index in [0.29, 0.717) is 65.9 Å². The molecule has 3 heterocycles. The highest BCUT2D eigenvalue weighted by Crippen LogP contribution is 2.49. The third kappa shape index (κ3) is 3.87. The molecular weight excluding hydrogens is 460 g/mol.